The fraction of sp³-hybridized carbons (Fsp3) is 0.421. The van der Waals surface area contributed by atoms with Gasteiger partial charge in [0.25, 0.3) is 0 Å². The van der Waals surface area contributed by atoms with E-state index in [9.17, 15) is 4.79 Å². The van der Waals surface area contributed by atoms with Crippen LogP contribution < -0.4 is 15.4 Å². The zero-order valence-electron chi connectivity index (χ0n) is 41.4. The SMILES string of the molecule is CCn1c2ccc(CNCCCCCCCCC(=O)NCCOc3ccc(CCc4nc5cc(-c6c(C)noc6C)ccc5n4CCN4CCOCC4)cc3F)cc2c2ccc(-c3cc(C)cs3)cc21. The highest BCUT2D eigenvalue weighted by atomic mass is 32.1. The van der Waals surface area contributed by atoms with E-state index in [-0.39, 0.29) is 18.3 Å². The maximum Gasteiger partial charge on any atom is 0.220 e. The molecule has 1 aliphatic heterocycles. The number of nitrogens with zero attached hydrogens (tertiary/aromatic N) is 5. The Bertz CT molecular complexity index is 3010. The standard InChI is InChI=1S/C57H68FN7O4S/c1-5-64-50-19-13-43(33-47(50)46-18-16-44(36-52(46)64)54-32-39(2)38-70-54)37-59-23-11-9-7-6-8-10-12-56(66)60-24-29-68-53-21-14-42(34-48(53)58)15-22-55-61-49-35-45(57-40(3)62-69-41(57)4)17-20-51(49)65(55)26-25-63-27-30-67-31-28-63/h13-14,16-21,32-36,38,59H,5-12,15,22-31,37H2,1-4H3,(H,60,66). The molecule has 0 spiro atoms. The third kappa shape index (κ3) is 11.8. The van der Waals surface area contributed by atoms with Gasteiger partial charge in [0.05, 0.1) is 36.5 Å². The van der Waals surface area contributed by atoms with E-state index in [0.717, 1.165) is 130 Å². The molecule has 9 rings (SSSR count). The second-order valence-electron chi connectivity index (χ2n) is 18.9. The van der Waals surface area contributed by atoms with Crippen LogP contribution in [0.2, 0.25) is 0 Å². The number of amides is 1. The summed E-state index contributed by atoms with van der Waals surface area (Å²) >= 11 is 1.81. The number of benzene rings is 4. The van der Waals surface area contributed by atoms with Gasteiger partial charge in [-0.15, -0.1) is 11.3 Å². The lowest BCUT2D eigenvalue weighted by atomic mass is 10.0. The van der Waals surface area contributed by atoms with Crippen molar-refractivity contribution >= 4 is 50.1 Å². The molecule has 0 radical (unpaired) electrons. The topological polar surface area (TPSA) is 112 Å². The molecular weight excluding hydrogens is 898 g/mol. The van der Waals surface area contributed by atoms with Crippen LogP contribution in [0, 0.1) is 26.6 Å². The molecule has 11 nitrogen and oxygen atoms in total. The summed E-state index contributed by atoms with van der Waals surface area (Å²) in [6.07, 6.45) is 8.28. The molecule has 0 bridgehead atoms. The molecule has 13 heteroatoms. The van der Waals surface area contributed by atoms with E-state index < -0.39 is 5.82 Å². The molecule has 8 aromatic rings. The number of unbranched alkanes of at least 4 members (excludes halogenated alkanes) is 5. The van der Waals surface area contributed by atoms with Gasteiger partial charge in [0.15, 0.2) is 11.6 Å². The first kappa shape index (κ1) is 49.1. The molecule has 5 heterocycles. The van der Waals surface area contributed by atoms with Crippen LogP contribution in [-0.4, -0.2) is 82.6 Å². The summed E-state index contributed by atoms with van der Waals surface area (Å²) in [5.74, 6) is 1.55. The summed E-state index contributed by atoms with van der Waals surface area (Å²) in [5, 5.41) is 15.6. The minimum absolute atomic E-state index is 0.00942. The molecule has 70 heavy (non-hydrogen) atoms. The maximum absolute atomic E-state index is 15.3. The van der Waals surface area contributed by atoms with Crippen LogP contribution in [-0.2, 0) is 42.0 Å². The summed E-state index contributed by atoms with van der Waals surface area (Å²) in [6.45, 7) is 16.7. The number of ether oxygens (including phenoxy) is 2. The number of rotatable bonds is 24. The highest BCUT2D eigenvalue weighted by Crippen LogP contribution is 2.35. The predicted octanol–water partition coefficient (Wildman–Crippen LogP) is 11.7. The predicted molar refractivity (Wildman–Crippen MR) is 281 cm³/mol. The normalized spacial score (nSPS) is 13.3. The van der Waals surface area contributed by atoms with Crippen LogP contribution >= 0.6 is 11.3 Å². The van der Waals surface area contributed by atoms with E-state index in [1.54, 1.807) is 12.1 Å². The van der Waals surface area contributed by atoms with Crippen LogP contribution in [0.25, 0.3) is 54.4 Å². The number of morpholine rings is 1. The lowest BCUT2D eigenvalue weighted by Crippen LogP contribution is -2.38. The molecule has 0 atom stereocenters. The lowest BCUT2D eigenvalue weighted by molar-refractivity contribution is -0.121. The molecular formula is C57H68FN7O4S. The van der Waals surface area contributed by atoms with Gasteiger partial charge >= 0.3 is 0 Å². The molecule has 1 amide bonds. The highest BCUT2D eigenvalue weighted by Gasteiger charge is 2.19. The van der Waals surface area contributed by atoms with Gasteiger partial charge in [0.1, 0.15) is 18.2 Å². The summed E-state index contributed by atoms with van der Waals surface area (Å²) in [7, 11) is 0. The monoisotopic (exact) mass is 966 g/mol. The lowest BCUT2D eigenvalue weighted by Gasteiger charge is -2.27. The van der Waals surface area contributed by atoms with E-state index in [4.69, 9.17) is 19.0 Å². The van der Waals surface area contributed by atoms with Crippen LogP contribution in [0.1, 0.15) is 85.8 Å². The number of hydrogen-bond acceptors (Lipinski definition) is 9. The molecule has 1 fully saturated rings. The Kier molecular flexibility index (Phi) is 16.4. The summed E-state index contributed by atoms with van der Waals surface area (Å²) in [5.41, 5.74) is 12.3. The zero-order valence-corrected chi connectivity index (χ0v) is 42.2. The Balaban J connectivity index is 0.653. The first-order valence-electron chi connectivity index (χ1n) is 25.4. The van der Waals surface area contributed by atoms with Crippen molar-refractivity contribution in [1.82, 2.24) is 34.8 Å². The minimum Gasteiger partial charge on any atom is -0.489 e. The quantitative estimate of drug-likeness (QED) is 0.0576. The number of aromatic nitrogens is 4. The molecule has 1 aliphatic rings. The van der Waals surface area contributed by atoms with Crippen molar-refractivity contribution in [1.29, 1.82) is 0 Å². The van der Waals surface area contributed by atoms with Crippen LogP contribution in [0.4, 0.5) is 4.39 Å². The summed E-state index contributed by atoms with van der Waals surface area (Å²) < 4.78 is 36.8. The first-order valence-corrected chi connectivity index (χ1v) is 26.3. The van der Waals surface area contributed by atoms with Crippen molar-refractivity contribution in [3.05, 3.63) is 124 Å². The largest absolute Gasteiger partial charge is 0.489 e. The molecule has 0 unspecified atom stereocenters. The third-order valence-electron chi connectivity index (χ3n) is 13.8. The Morgan fingerprint density at radius 3 is 2.37 bits per heavy atom. The smallest absolute Gasteiger partial charge is 0.220 e. The van der Waals surface area contributed by atoms with Crippen molar-refractivity contribution in [2.45, 2.75) is 105 Å². The van der Waals surface area contributed by atoms with E-state index in [1.165, 1.54) is 56.2 Å². The van der Waals surface area contributed by atoms with Gasteiger partial charge in [0, 0.05) is 84.4 Å². The van der Waals surface area contributed by atoms with Crippen LogP contribution in [0.15, 0.2) is 88.8 Å². The number of halogens is 1. The number of aryl methyl sites for hydroxylation is 6. The Morgan fingerprint density at radius 1 is 0.786 bits per heavy atom. The number of hydrogen-bond donors (Lipinski definition) is 2. The Hall–Kier alpha value is -5.86. The fourth-order valence-corrected chi connectivity index (χ4v) is 11.0. The Labute approximate surface area is 415 Å². The van der Waals surface area contributed by atoms with E-state index in [2.05, 4.69) is 110 Å². The van der Waals surface area contributed by atoms with Crippen molar-refractivity contribution in [3.8, 4) is 27.3 Å². The average Bonchev–Trinajstić information content (AvgIpc) is 4.14. The fourth-order valence-electron chi connectivity index (χ4n) is 10.1. The number of carbonyl (C=O) groups excluding carboxylic acids is 1. The van der Waals surface area contributed by atoms with Crippen LogP contribution in [0.5, 0.6) is 5.75 Å². The van der Waals surface area contributed by atoms with Gasteiger partial charge in [0.2, 0.25) is 5.91 Å². The number of imidazole rings is 1. The van der Waals surface area contributed by atoms with E-state index >= 15 is 4.39 Å². The van der Waals surface area contributed by atoms with Crippen molar-refractivity contribution < 1.29 is 23.2 Å². The maximum atomic E-state index is 15.3. The average molecular weight is 966 g/mol. The second-order valence-corrected chi connectivity index (χ2v) is 19.8. The van der Waals surface area contributed by atoms with Gasteiger partial charge in [-0.25, -0.2) is 9.37 Å². The Morgan fingerprint density at radius 2 is 1.59 bits per heavy atom. The molecule has 4 aromatic heterocycles. The van der Waals surface area contributed by atoms with Crippen molar-refractivity contribution in [2.24, 2.45) is 0 Å². The third-order valence-corrected chi connectivity index (χ3v) is 14.9. The van der Waals surface area contributed by atoms with Crippen molar-refractivity contribution in [3.63, 3.8) is 0 Å². The second kappa shape index (κ2) is 23.4. The van der Waals surface area contributed by atoms with Gasteiger partial charge in [-0.3, -0.25) is 9.69 Å². The van der Waals surface area contributed by atoms with E-state index in [0.29, 0.717) is 25.8 Å². The molecule has 368 valence electrons. The zero-order chi connectivity index (χ0) is 48.4. The highest BCUT2D eigenvalue weighted by molar-refractivity contribution is 7.13. The number of thiophene rings is 1. The summed E-state index contributed by atoms with van der Waals surface area (Å²) in [4.78, 5) is 21.4. The first-order chi connectivity index (χ1) is 34.2. The van der Waals surface area contributed by atoms with Gasteiger partial charge in [-0.1, -0.05) is 61.2 Å². The van der Waals surface area contributed by atoms with Crippen LogP contribution in [0.3, 0.4) is 0 Å². The molecule has 0 aliphatic carbocycles. The van der Waals surface area contributed by atoms with Crippen molar-refractivity contribution in [2.75, 3.05) is 52.5 Å². The molecule has 1 saturated heterocycles. The van der Waals surface area contributed by atoms with Gasteiger partial charge in [-0.05, 0) is 135 Å². The van der Waals surface area contributed by atoms with Gasteiger partial charge < -0.3 is 33.8 Å². The molecule has 2 N–H and O–H groups in total. The molecule has 4 aromatic carbocycles. The number of fused-ring (bicyclic) bond motifs is 4. The van der Waals surface area contributed by atoms with Gasteiger partial charge in [-0.2, -0.15) is 0 Å². The molecule has 0 saturated carbocycles. The number of carbonyl (C=O) groups is 1. The summed E-state index contributed by atoms with van der Waals surface area (Å²) in [6, 6.07) is 27.6. The minimum atomic E-state index is -0.405. The van der Waals surface area contributed by atoms with E-state index in [1.807, 2.05) is 31.3 Å². The number of nitrogens with one attached hydrogen (secondary N) is 2.